The average Bonchev–Trinajstić information content (AvgIpc) is 2.97. The number of hydrogen-bond donors (Lipinski definition) is 1. The van der Waals surface area contributed by atoms with Crippen LogP contribution in [0.25, 0.3) is 0 Å². The summed E-state index contributed by atoms with van der Waals surface area (Å²) >= 11 is 0. The van der Waals surface area contributed by atoms with Gasteiger partial charge >= 0.3 is 0 Å². The van der Waals surface area contributed by atoms with Crippen LogP contribution >= 0.6 is 0 Å². The summed E-state index contributed by atoms with van der Waals surface area (Å²) in [6, 6.07) is 32.1. The van der Waals surface area contributed by atoms with Gasteiger partial charge in [-0.25, -0.2) is 9.97 Å². The summed E-state index contributed by atoms with van der Waals surface area (Å²) in [5.74, 6) is 1.28. The number of anilines is 2. The molecule has 3 aromatic carbocycles. The second-order valence-electron chi connectivity index (χ2n) is 10.2. The Balaban J connectivity index is 1.45. The van der Waals surface area contributed by atoms with Crippen LogP contribution in [0.2, 0.25) is 0 Å². The Morgan fingerprint density at radius 3 is 1.76 bits per heavy atom. The molecular weight excluding hydrogens is 456 g/mol. The van der Waals surface area contributed by atoms with Crippen molar-refractivity contribution < 1.29 is 0 Å². The SMILES string of the molecule is CN(C)C1(c2ccccc2)CCC(c2ccccc2)(N(C)c2ncnc(NCc3ccccc3)n2)CC1. The minimum Gasteiger partial charge on any atom is -0.350 e. The lowest BCUT2D eigenvalue weighted by atomic mass is 9.66. The fraction of sp³-hybridized carbons (Fsp3) is 0.323. The molecule has 1 saturated carbocycles. The lowest BCUT2D eigenvalue weighted by Gasteiger charge is -2.53. The summed E-state index contributed by atoms with van der Waals surface area (Å²) < 4.78 is 0. The highest BCUT2D eigenvalue weighted by Gasteiger charge is 2.48. The zero-order valence-electron chi connectivity index (χ0n) is 22.0. The average molecular weight is 493 g/mol. The van der Waals surface area contributed by atoms with E-state index in [1.165, 1.54) is 16.7 Å². The summed E-state index contributed by atoms with van der Waals surface area (Å²) in [7, 11) is 6.56. The van der Waals surface area contributed by atoms with Crippen molar-refractivity contribution in [3.8, 4) is 0 Å². The van der Waals surface area contributed by atoms with E-state index in [4.69, 9.17) is 4.98 Å². The second-order valence-corrected chi connectivity index (χ2v) is 10.2. The Morgan fingerprint density at radius 1 is 0.676 bits per heavy atom. The fourth-order valence-electron chi connectivity index (χ4n) is 5.89. The van der Waals surface area contributed by atoms with Crippen LogP contribution in [0.1, 0.15) is 42.4 Å². The summed E-state index contributed by atoms with van der Waals surface area (Å²) in [5, 5.41) is 3.37. The van der Waals surface area contributed by atoms with E-state index in [0.717, 1.165) is 25.7 Å². The first-order valence-electron chi connectivity index (χ1n) is 13.0. The number of nitrogens with zero attached hydrogens (tertiary/aromatic N) is 5. The molecule has 0 bridgehead atoms. The largest absolute Gasteiger partial charge is 0.350 e. The molecule has 0 saturated heterocycles. The van der Waals surface area contributed by atoms with E-state index in [0.29, 0.717) is 18.4 Å². The Morgan fingerprint density at radius 2 is 1.19 bits per heavy atom. The number of aromatic nitrogens is 3. The van der Waals surface area contributed by atoms with Crippen molar-refractivity contribution in [3.63, 3.8) is 0 Å². The molecule has 6 nitrogen and oxygen atoms in total. The first-order chi connectivity index (χ1) is 18.0. The van der Waals surface area contributed by atoms with E-state index in [1.54, 1.807) is 6.33 Å². The number of benzene rings is 3. The van der Waals surface area contributed by atoms with Gasteiger partial charge < -0.3 is 10.2 Å². The predicted molar refractivity (Wildman–Crippen MR) is 150 cm³/mol. The maximum Gasteiger partial charge on any atom is 0.230 e. The van der Waals surface area contributed by atoms with Crippen LogP contribution in [0.4, 0.5) is 11.9 Å². The van der Waals surface area contributed by atoms with Gasteiger partial charge in [0.25, 0.3) is 0 Å². The molecule has 1 aliphatic carbocycles. The zero-order valence-corrected chi connectivity index (χ0v) is 22.0. The van der Waals surface area contributed by atoms with Crippen LogP contribution in [-0.2, 0) is 17.6 Å². The van der Waals surface area contributed by atoms with Gasteiger partial charge in [-0.1, -0.05) is 91.0 Å². The molecular formula is C31H36N6. The molecule has 190 valence electrons. The van der Waals surface area contributed by atoms with Gasteiger partial charge in [-0.2, -0.15) is 4.98 Å². The van der Waals surface area contributed by atoms with Gasteiger partial charge in [0.05, 0.1) is 5.54 Å². The quantitative estimate of drug-likeness (QED) is 0.333. The van der Waals surface area contributed by atoms with Crippen molar-refractivity contribution in [2.24, 2.45) is 0 Å². The summed E-state index contributed by atoms with van der Waals surface area (Å²) in [6.45, 7) is 0.667. The maximum absolute atomic E-state index is 4.85. The van der Waals surface area contributed by atoms with E-state index in [-0.39, 0.29) is 11.1 Å². The first kappa shape index (κ1) is 24.9. The third kappa shape index (κ3) is 4.94. The van der Waals surface area contributed by atoms with Crippen LogP contribution in [0, 0.1) is 0 Å². The summed E-state index contributed by atoms with van der Waals surface area (Å²) in [5.41, 5.74) is 3.66. The minimum atomic E-state index is -0.215. The Kier molecular flexibility index (Phi) is 7.19. The highest BCUT2D eigenvalue weighted by Crippen LogP contribution is 2.51. The van der Waals surface area contributed by atoms with Crippen LogP contribution in [-0.4, -0.2) is 41.0 Å². The number of nitrogens with one attached hydrogen (secondary N) is 1. The van der Waals surface area contributed by atoms with Crippen molar-refractivity contribution in [2.75, 3.05) is 31.4 Å². The highest BCUT2D eigenvalue weighted by atomic mass is 15.3. The maximum atomic E-state index is 4.85. The van der Waals surface area contributed by atoms with Crippen molar-refractivity contribution in [1.82, 2.24) is 19.9 Å². The van der Waals surface area contributed by atoms with Crippen molar-refractivity contribution >= 4 is 11.9 Å². The van der Waals surface area contributed by atoms with Crippen LogP contribution < -0.4 is 10.2 Å². The molecule has 0 atom stereocenters. The van der Waals surface area contributed by atoms with Gasteiger partial charge in [0.2, 0.25) is 11.9 Å². The van der Waals surface area contributed by atoms with Crippen LogP contribution in [0.15, 0.2) is 97.3 Å². The Labute approximate surface area is 220 Å². The van der Waals surface area contributed by atoms with Crippen LogP contribution in [0.3, 0.4) is 0 Å². The van der Waals surface area contributed by atoms with E-state index < -0.39 is 0 Å². The Hall–Kier alpha value is -3.77. The van der Waals surface area contributed by atoms with E-state index >= 15 is 0 Å². The fourth-order valence-corrected chi connectivity index (χ4v) is 5.89. The van der Waals surface area contributed by atoms with Crippen molar-refractivity contribution in [3.05, 3.63) is 114 Å². The standard InChI is InChI=1S/C31H36N6/c1-36(2)30(26-15-9-5-10-16-26)19-21-31(22-20-30,27-17-11-6-12-18-27)37(3)29-34-24-33-28(35-29)32-23-25-13-7-4-8-14-25/h4-18,24H,19-23H2,1-3H3,(H,32,33,34,35). The molecule has 1 N–H and O–H groups in total. The molecule has 0 radical (unpaired) electrons. The van der Waals surface area contributed by atoms with Crippen molar-refractivity contribution in [1.29, 1.82) is 0 Å². The molecule has 5 rings (SSSR count). The predicted octanol–water partition coefficient (Wildman–Crippen LogP) is 5.85. The molecule has 6 heteroatoms. The summed E-state index contributed by atoms with van der Waals surface area (Å²) in [6.07, 6.45) is 5.65. The molecule has 1 aromatic heterocycles. The zero-order chi connectivity index (χ0) is 25.7. The molecule has 1 fully saturated rings. The van der Waals surface area contributed by atoms with E-state index in [9.17, 15) is 0 Å². The third-order valence-electron chi connectivity index (χ3n) is 8.18. The topological polar surface area (TPSA) is 57.2 Å². The molecule has 0 amide bonds. The van der Waals surface area contributed by atoms with Gasteiger partial charge in [0.1, 0.15) is 6.33 Å². The summed E-state index contributed by atoms with van der Waals surface area (Å²) in [4.78, 5) is 18.6. The molecule has 0 aliphatic heterocycles. The third-order valence-corrected chi connectivity index (χ3v) is 8.18. The lowest BCUT2D eigenvalue weighted by Crippen LogP contribution is -2.54. The molecule has 0 spiro atoms. The normalized spacial score (nSPS) is 21.5. The van der Waals surface area contributed by atoms with Gasteiger partial charge in [-0.3, -0.25) is 4.90 Å². The van der Waals surface area contributed by atoms with Gasteiger partial charge in [0, 0.05) is 19.1 Å². The van der Waals surface area contributed by atoms with Gasteiger partial charge in [-0.15, -0.1) is 0 Å². The van der Waals surface area contributed by atoms with Gasteiger partial charge in [-0.05, 0) is 56.5 Å². The molecule has 37 heavy (non-hydrogen) atoms. The Bertz CT molecular complexity index is 1270. The second kappa shape index (κ2) is 10.7. The van der Waals surface area contributed by atoms with Crippen LogP contribution in [0.5, 0.6) is 0 Å². The van der Waals surface area contributed by atoms with E-state index in [2.05, 4.69) is 119 Å². The number of hydrogen-bond acceptors (Lipinski definition) is 6. The van der Waals surface area contributed by atoms with Gasteiger partial charge in [0.15, 0.2) is 0 Å². The number of rotatable bonds is 8. The monoisotopic (exact) mass is 492 g/mol. The smallest absolute Gasteiger partial charge is 0.230 e. The first-order valence-corrected chi connectivity index (χ1v) is 13.0. The minimum absolute atomic E-state index is 0.00187. The van der Waals surface area contributed by atoms with Crippen molar-refractivity contribution in [2.45, 2.75) is 43.3 Å². The molecule has 0 unspecified atom stereocenters. The molecule has 1 heterocycles. The molecule has 1 aliphatic rings. The highest BCUT2D eigenvalue weighted by molar-refractivity contribution is 5.44. The lowest BCUT2D eigenvalue weighted by molar-refractivity contribution is 0.0642. The molecule has 4 aromatic rings. The van der Waals surface area contributed by atoms with E-state index in [1.807, 2.05) is 18.2 Å².